The number of hydrogen-bond acceptors (Lipinski definition) is 3. The van der Waals surface area contributed by atoms with E-state index in [1.165, 1.54) is 0 Å². The number of aliphatic carboxylic acids is 1. The molecule has 1 atom stereocenters. The van der Waals surface area contributed by atoms with Gasteiger partial charge in [-0.05, 0) is 29.1 Å². The largest absolute Gasteiger partial charge is 0.480 e. The van der Waals surface area contributed by atoms with E-state index in [0.717, 1.165) is 22.3 Å². The van der Waals surface area contributed by atoms with E-state index >= 15 is 0 Å². The van der Waals surface area contributed by atoms with Crippen molar-refractivity contribution in [2.24, 2.45) is 0 Å². The van der Waals surface area contributed by atoms with Crippen molar-refractivity contribution >= 4 is 12.1 Å². The van der Waals surface area contributed by atoms with Crippen LogP contribution in [-0.2, 0) is 9.53 Å². The Kier molecular flexibility index (Phi) is 4.04. The number of amides is 1. The lowest BCUT2D eigenvalue weighted by atomic mass is 9.98. The minimum atomic E-state index is -2.86. The average Bonchev–Trinajstić information content (AvgIpc) is 2.91. The summed E-state index contributed by atoms with van der Waals surface area (Å²) in [6.45, 7) is -2.88. The third kappa shape index (κ3) is 3.23. The number of hydrogen-bond donors (Lipinski definition) is 2. The van der Waals surface area contributed by atoms with Crippen molar-refractivity contribution in [3.05, 3.63) is 59.7 Å². The predicted octanol–water partition coefficient (Wildman–Crippen LogP) is 2.17. The van der Waals surface area contributed by atoms with E-state index in [-0.39, 0.29) is 18.0 Å². The van der Waals surface area contributed by atoms with Crippen LogP contribution in [0.15, 0.2) is 48.5 Å². The number of alkyl carbamates (subject to hydrolysis) is 1. The Morgan fingerprint density at radius 2 is 1.71 bits per heavy atom. The van der Waals surface area contributed by atoms with Gasteiger partial charge in [0.1, 0.15) is 12.6 Å². The number of fused-ring (bicyclic) bond motifs is 3. The molecule has 0 radical (unpaired) electrons. The first-order chi connectivity index (χ1) is 12.3. The quantitative estimate of drug-likeness (QED) is 0.894. The zero-order valence-electron chi connectivity index (χ0n) is 15.7. The third-order valence-electron chi connectivity index (χ3n) is 3.85. The molecule has 4 N–H and O–H groups in total. The van der Waals surface area contributed by atoms with E-state index in [4.69, 9.17) is 14.0 Å². The number of carbonyl (C=O) groups excluding carboxylic acids is 1. The Balaban J connectivity index is 0.00000261. The highest BCUT2D eigenvalue weighted by atomic mass is 16.5. The average molecular weight is 332 g/mol. The number of carboxylic acid groups (broad SMARTS) is 1. The highest BCUT2D eigenvalue weighted by Crippen LogP contribution is 2.44. The molecule has 0 spiro atoms. The lowest BCUT2D eigenvalue weighted by Crippen LogP contribution is -2.39. The second kappa shape index (κ2) is 7.14. The maximum absolute atomic E-state index is 11.9. The molecule has 1 aliphatic carbocycles. The zero-order valence-corrected chi connectivity index (χ0v) is 12.7. The first kappa shape index (κ1) is 13.6. The summed E-state index contributed by atoms with van der Waals surface area (Å²) in [6, 6.07) is 13.5. The summed E-state index contributed by atoms with van der Waals surface area (Å²) >= 11 is 0. The van der Waals surface area contributed by atoms with Crippen LogP contribution >= 0.6 is 0 Å². The normalized spacial score (nSPS) is 15.6. The van der Waals surface area contributed by atoms with Crippen LogP contribution in [0.25, 0.3) is 11.1 Å². The van der Waals surface area contributed by atoms with E-state index in [1.807, 2.05) is 53.8 Å². The molecular weight excluding hydrogens is 310 g/mol. The minimum absolute atomic E-state index is 0. The number of rotatable bonds is 4. The molecule has 6 nitrogen and oxygen atoms in total. The smallest absolute Gasteiger partial charge is 0.407 e. The molecule has 0 fully saturated rings. The van der Waals surface area contributed by atoms with Gasteiger partial charge in [0.15, 0.2) is 0 Å². The fourth-order valence-electron chi connectivity index (χ4n) is 2.82. The van der Waals surface area contributed by atoms with Crippen LogP contribution in [0.2, 0.25) is 0 Å². The van der Waals surface area contributed by atoms with Gasteiger partial charge >= 0.3 is 12.1 Å². The predicted molar refractivity (Wildman–Crippen MR) is 88.9 cm³/mol. The molecule has 24 heavy (non-hydrogen) atoms. The number of carboxylic acids is 1. The molecule has 0 bridgehead atoms. The molecule has 6 heteroatoms. The summed E-state index contributed by atoms with van der Waals surface area (Å²) in [7, 11) is 0. The Morgan fingerprint density at radius 3 is 2.21 bits per heavy atom. The second-order valence-corrected chi connectivity index (χ2v) is 5.24. The molecule has 0 aliphatic heterocycles. The second-order valence-electron chi connectivity index (χ2n) is 5.24. The van der Waals surface area contributed by atoms with Gasteiger partial charge in [0.2, 0.25) is 0 Å². The topological polar surface area (TPSA) is 107 Å². The van der Waals surface area contributed by atoms with E-state index in [9.17, 15) is 9.59 Å². The summed E-state index contributed by atoms with van der Waals surface area (Å²) in [4.78, 5) is 23.0. The number of ether oxygens (including phenoxy) is 1. The fourth-order valence-corrected chi connectivity index (χ4v) is 2.82. The molecule has 0 saturated carbocycles. The van der Waals surface area contributed by atoms with Crippen LogP contribution in [0, 0.1) is 0 Å². The number of carbonyl (C=O) groups is 2. The minimum Gasteiger partial charge on any atom is -0.480 e. The van der Waals surface area contributed by atoms with Gasteiger partial charge in [-0.3, -0.25) is 4.79 Å². The van der Waals surface area contributed by atoms with E-state index < -0.39 is 25.0 Å². The van der Waals surface area contributed by atoms with Gasteiger partial charge in [0.05, 0.1) is 0 Å². The van der Waals surface area contributed by atoms with Crippen LogP contribution in [0.3, 0.4) is 0 Å². The molecule has 0 saturated heterocycles. The maximum Gasteiger partial charge on any atom is 0.407 e. The SMILES string of the molecule is O.[2H]C([2H])([2H])[C@H](NC(=O)OCC1c2ccccc2-c2ccccc21)C(=O)O. The fraction of sp³-hybridized carbons (Fsp3) is 0.222. The molecule has 1 amide bonds. The van der Waals surface area contributed by atoms with E-state index in [1.54, 1.807) is 0 Å². The summed E-state index contributed by atoms with van der Waals surface area (Å²) in [5, 5.41) is 10.9. The molecular formula is C18H19NO5. The monoisotopic (exact) mass is 332 g/mol. The molecule has 0 aromatic heterocycles. The van der Waals surface area contributed by atoms with Crippen molar-refractivity contribution < 1.29 is 29.0 Å². The summed E-state index contributed by atoms with van der Waals surface area (Å²) < 4.78 is 26.7. The Labute approximate surface area is 143 Å². The molecule has 1 aliphatic rings. The first-order valence-corrected chi connectivity index (χ1v) is 7.13. The highest BCUT2D eigenvalue weighted by molar-refractivity contribution is 5.80. The van der Waals surface area contributed by atoms with Gasteiger partial charge in [-0.15, -0.1) is 0 Å². The number of benzene rings is 2. The van der Waals surface area contributed by atoms with Crippen LogP contribution in [0.1, 0.15) is 28.0 Å². The molecule has 0 heterocycles. The van der Waals surface area contributed by atoms with Gasteiger partial charge in [-0.2, -0.15) is 0 Å². The zero-order chi connectivity index (χ0) is 18.9. The Bertz CT molecular complexity index is 807. The number of nitrogens with one attached hydrogen (secondary N) is 1. The van der Waals surface area contributed by atoms with Crippen molar-refractivity contribution in [1.29, 1.82) is 0 Å². The summed E-state index contributed by atoms with van der Waals surface area (Å²) in [6.07, 6.45) is -1.07. The molecule has 0 unspecified atom stereocenters. The van der Waals surface area contributed by atoms with Crippen LogP contribution in [0.4, 0.5) is 4.79 Å². The van der Waals surface area contributed by atoms with Gasteiger partial charge in [-0.1, -0.05) is 48.5 Å². The van der Waals surface area contributed by atoms with Crippen molar-refractivity contribution in [2.75, 3.05) is 6.61 Å². The van der Waals surface area contributed by atoms with Crippen LogP contribution in [0.5, 0.6) is 0 Å². The summed E-state index contributed by atoms with van der Waals surface area (Å²) in [5.41, 5.74) is 4.13. The maximum atomic E-state index is 11.9. The Morgan fingerprint density at radius 1 is 1.17 bits per heavy atom. The molecule has 126 valence electrons. The van der Waals surface area contributed by atoms with E-state index in [0.29, 0.717) is 0 Å². The lowest BCUT2D eigenvalue weighted by Gasteiger charge is -2.15. The summed E-state index contributed by atoms with van der Waals surface area (Å²) in [5.74, 6) is -1.83. The molecule has 2 aromatic carbocycles. The van der Waals surface area contributed by atoms with Crippen LogP contribution < -0.4 is 5.32 Å². The molecule has 2 aromatic rings. The lowest BCUT2D eigenvalue weighted by molar-refractivity contribution is -0.138. The van der Waals surface area contributed by atoms with Crippen molar-refractivity contribution in [2.45, 2.75) is 18.8 Å². The van der Waals surface area contributed by atoms with Gasteiger partial charge in [-0.25, -0.2) is 4.79 Å². The standard InChI is InChI=1S/C18H17NO4.H2O/c1-11(17(20)21)19-18(22)23-10-16-14-8-4-2-6-12(14)13-7-3-5-9-15(13)16;/h2-9,11,16H,10H2,1H3,(H,19,22)(H,20,21);1H2/t11-;/m0./s1/i1D3;. The van der Waals surface area contributed by atoms with E-state index in [2.05, 4.69) is 0 Å². The highest BCUT2D eigenvalue weighted by Gasteiger charge is 2.29. The van der Waals surface area contributed by atoms with Gasteiger partial charge in [0, 0.05) is 10.0 Å². The van der Waals surface area contributed by atoms with Gasteiger partial charge < -0.3 is 20.6 Å². The first-order valence-electron chi connectivity index (χ1n) is 8.63. The van der Waals surface area contributed by atoms with Crippen LogP contribution in [-0.4, -0.2) is 35.3 Å². The van der Waals surface area contributed by atoms with Crippen molar-refractivity contribution in [1.82, 2.24) is 5.32 Å². The Hall–Kier alpha value is -2.86. The van der Waals surface area contributed by atoms with Crippen molar-refractivity contribution in [3.63, 3.8) is 0 Å². The third-order valence-corrected chi connectivity index (χ3v) is 3.85. The van der Waals surface area contributed by atoms with Gasteiger partial charge in [0.25, 0.3) is 0 Å². The molecule has 3 rings (SSSR count). The van der Waals surface area contributed by atoms with Crippen molar-refractivity contribution in [3.8, 4) is 11.1 Å².